The SMILES string of the molecule is COc1ccc(C=C2Oc3ccccc3N(CC(=O)N3CCN(c4ccccn4)CC3)C2=O)cc1Br. The van der Waals surface area contributed by atoms with E-state index in [0.717, 1.165) is 15.9 Å². The molecule has 184 valence electrons. The number of para-hydroxylation sites is 2. The topological polar surface area (TPSA) is 75.2 Å². The average Bonchev–Trinajstić information content (AvgIpc) is 2.91. The monoisotopic (exact) mass is 548 g/mol. The lowest BCUT2D eigenvalue weighted by atomic mass is 10.1. The zero-order chi connectivity index (χ0) is 25.1. The van der Waals surface area contributed by atoms with Crippen LogP contribution in [0.2, 0.25) is 0 Å². The standard InChI is InChI=1S/C27H25BrN4O4/c1-35-22-10-9-19(16-20(22)28)17-24-27(34)32(21-6-2-3-7-23(21)36-24)18-26(33)31-14-12-30(13-15-31)25-8-4-5-11-29-25/h2-11,16-17H,12-15,18H2,1H3. The van der Waals surface area contributed by atoms with Crippen molar-refractivity contribution in [1.29, 1.82) is 0 Å². The minimum Gasteiger partial charge on any atom is -0.496 e. The number of ether oxygens (including phenoxy) is 2. The van der Waals surface area contributed by atoms with Gasteiger partial charge in [-0.25, -0.2) is 4.98 Å². The molecule has 3 heterocycles. The van der Waals surface area contributed by atoms with Gasteiger partial charge in [-0.1, -0.05) is 24.3 Å². The quantitative estimate of drug-likeness (QED) is 0.449. The molecule has 2 aliphatic rings. The molecular formula is C27H25BrN4O4. The van der Waals surface area contributed by atoms with Gasteiger partial charge in [0.15, 0.2) is 11.5 Å². The van der Waals surface area contributed by atoms with E-state index in [-0.39, 0.29) is 24.1 Å². The zero-order valence-electron chi connectivity index (χ0n) is 19.8. The van der Waals surface area contributed by atoms with Gasteiger partial charge in [0.05, 0.1) is 17.3 Å². The van der Waals surface area contributed by atoms with Crippen molar-refractivity contribution >= 4 is 45.3 Å². The molecular weight excluding hydrogens is 524 g/mol. The van der Waals surface area contributed by atoms with Gasteiger partial charge in [-0.3, -0.25) is 14.5 Å². The molecule has 0 atom stereocenters. The van der Waals surface area contributed by atoms with Crippen molar-refractivity contribution in [2.75, 3.05) is 49.6 Å². The molecule has 2 amide bonds. The molecule has 0 saturated carbocycles. The Morgan fingerprint density at radius 1 is 1.08 bits per heavy atom. The predicted octanol–water partition coefficient (Wildman–Crippen LogP) is 3.97. The van der Waals surface area contributed by atoms with Gasteiger partial charge in [0.1, 0.15) is 18.1 Å². The number of halogens is 1. The number of hydrogen-bond donors (Lipinski definition) is 0. The maximum Gasteiger partial charge on any atom is 0.294 e. The van der Waals surface area contributed by atoms with Crippen molar-refractivity contribution in [2.45, 2.75) is 0 Å². The van der Waals surface area contributed by atoms with Crippen LogP contribution in [0.1, 0.15) is 5.56 Å². The number of aromatic nitrogens is 1. The molecule has 0 unspecified atom stereocenters. The van der Waals surface area contributed by atoms with Crippen molar-refractivity contribution in [3.63, 3.8) is 0 Å². The average molecular weight is 549 g/mol. The summed E-state index contributed by atoms with van der Waals surface area (Å²) in [6, 6.07) is 18.6. The number of carbonyl (C=O) groups is 2. The van der Waals surface area contributed by atoms with Crippen LogP contribution < -0.4 is 19.3 Å². The lowest BCUT2D eigenvalue weighted by Gasteiger charge is -2.37. The smallest absolute Gasteiger partial charge is 0.294 e. The first-order chi connectivity index (χ1) is 17.5. The summed E-state index contributed by atoms with van der Waals surface area (Å²) >= 11 is 3.47. The Balaban J connectivity index is 1.33. The fourth-order valence-corrected chi connectivity index (χ4v) is 4.86. The summed E-state index contributed by atoms with van der Waals surface area (Å²) in [5.41, 5.74) is 1.35. The van der Waals surface area contributed by atoms with Crippen LogP contribution in [0.15, 0.2) is 77.1 Å². The predicted molar refractivity (Wildman–Crippen MR) is 141 cm³/mol. The highest BCUT2D eigenvalue weighted by atomic mass is 79.9. The Labute approximate surface area is 217 Å². The highest BCUT2D eigenvalue weighted by molar-refractivity contribution is 9.10. The number of piperazine rings is 1. The van der Waals surface area contributed by atoms with E-state index >= 15 is 0 Å². The van der Waals surface area contributed by atoms with E-state index in [1.54, 1.807) is 36.4 Å². The highest BCUT2D eigenvalue weighted by Gasteiger charge is 2.33. The van der Waals surface area contributed by atoms with Crippen LogP contribution in [0.3, 0.4) is 0 Å². The second-order valence-electron chi connectivity index (χ2n) is 8.42. The number of benzene rings is 2. The Hall–Kier alpha value is -3.85. The first kappa shape index (κ1) is 23.9. The molecule has 36 heavy (non-hydrogen) atoms. The molecule has 1 saturated heterocycles. The maximum absolute atomic E-state index is 13.5. The number of hydrogen-bond acceptors (Lipinski definition) is 6. The van der Waals surface area contributed by atoms with E-state index in [2.05, 4.69) is 25.8 Å². The van der Waals surface area contributed by atoms with Gasteiger partial charge >= 0.3 is 0 Å². The largest absolute Gasteiger partial charge is 0.496 e. The molecule has 0 bridgehead atoms. The number of nitrogens with zero attached hydrogens (tertiary/aromatic N) is 4. The van der Waals surface area contributed by atoms with Crippen LogP contribution >= 0.6 is 15.9 Å². The van der Waals surface area contributed by atoms with Gasteiger partial charge in [-0.05, 0) is 64.0 Å². The third-order valence-electron chi connectivity index (χ3n) is 6.20. The van der Waals surface area contributed by atoms with E-state index in [1.807, 2.05) is 48.5 Å². The second-order valence-corrected chi connectivity index (χ2v) is 9.27. The van der Waals surface area contributed by atoms with Crippen LogP contribution in [0.25, 0.3) is 6.08 Å². The summed E-state index contributed by atoms with van der Waals surface area (Å²) in [5, 5.41) is 0. The lowest BCUT2D eigenvalue weighted by molar-refractivity contribution is -0.131. The lowest BCUT2D eigenvalue weighted by Crippen LogP contribution is -2.52. The summed E-state index contributed by atoms with van der Waals surface area (Å²) in [4.78, 5) is 36.6. The first-order valence-electron chi connectivity index (χ1n) is 11.6. The summed E-state index contributed by atoms with van der Waals surface area (Å²) in [6.45, 7) is 2.45. The van der Waals surface area contributed by atoms with E-state index in [1.165, 1.54) is 4.90 Å². The maximum atomic E-state index is 13.5. The van der Waals surface area contributed by atoms with Crippen molar-refractivity contribution in [3.8, 4) is 11.5 Å². The number of methoxy groups -OCH3 is 1. The first-order valence-corrected chi connectivity index (χ1v) is 12.4. The van der Waals surface area contributed by atoms with Gasteiger partial charge in [0, 0.05) is 32.4 Å². The van der Waals surface area contributed by atoms with Crippen LogP contribution in [0, 0.1) is 0 Å². The van der Waals surface area contributed by atoms with Crippen molar-refractivity contribution in [1.82, 2.24) is 9.88 Å². The highest BCUT2D eigenvalue weighted by Crippen LogP contribution is 2.36. The Bertz CT molecular complexity index is 1310. The Kier molecular flexibility index (Phi) is 6.90. The van der Waals surface area contributed by atoms with Crippen molar-refractivity contribution in [2.24, 2.45) is 0 Å². The molecule has 5 rings (SSSR count). The van der Waals surface area contributed by atoms with E-state index in [9.17, 15) is 9.59 Å². The second kappa shape index (κ2) is 10.4. The number of anilines is 2. The molecule has 0 aliphatic carbocycles. The van der Waals surface area contributed by atoms with Gasteiger partial charge in [0.2, 0.25) is 5.91 Å². The number of amides is 2. The van der Waals surface area contributed by atoms with Crippen LogP contribution in [-0.2, 0) is 9.59 Å². The normalized spacial score (nSPS) is 16.6. The van der Waals surface area contributed by atoms with E-state index in [0.29, 0.717) is 43.4 Å². The summed E-state index contributed by atoms with van der Waals surface area (Å²) < 4.78 is 12.0. The zero-order valence-corrected chi connectivity index (χ0v) is 21.3. The molecule has 1 aromatic heterocycles. The molecule has 2 aromatic carbocycles. The summed E-state index contributed by atoms with van der Waals surface area (Å²) in [6.07, 6.45) is 3.44. The molecule has 3 aromatic rings. The van der Waals surface area contributed by atoms with E-state index in [4.69, 9.17) is 9.47 Å². The van der Waals surface area contributed by atoms with Gasteiger partial charge in [0.25, 0.3) is 5.91 Å². The minimum atomic E-state index is -0.360. The Morgan fingerprint density at radius 3 is 2.58 bits per heavy atom. The number of pyridine rings is 1. The molecule has 9 heteroatoms. The molecule has 0 spiro atoms. The number of carbonyl (C=O) groups excluding carboxylic acids is 2. The van der Waals surface area contributed by atoms with Gasteiger partial charge in [-0.2, -0.15) is 0 Å². The van der Waals surface area contributed by atoms with Gasteiger partial charge in [-0.15, -0.1) is 0 Å². The molecule has 0 N–H and O–H groups in total. The van der Waals surface area contributed by atoms with Crippen LogP contribution in [0.4, 0.5) is 11.5 Å². The number of rotatable bonds is 5. The minimum absolute atomic E-state index is 0.0631. The van der Waals surface area contributed by atoms with Crippen LogP contribution in [0.5, 0.6) is 11.5 Å². The molecule has 0 radical (unpaired) electrons. The van der Waals surface area contributed by atoms with Gasteiger partial charge < -0.3 is 19.3 Å². The van der Waals surface area contributed by atoms with Crippen molar-refractivity contribution in [3.05, 3.63) is 82.7 Å². The fourth-order valence-electron chi connectivity index (χ4n) is 4.30. The third-order valence-corrected chi connectivity index (χ3v) is 6.82. The van der Waals surface area contributed by atoms with Crippen LogP contribution in [-0.4, -0.2) is 61.5 Å². The molecule has 8 nitrogen and oxygen atoms in total. The van der Waals surface area contributed by atoms with Crippen molar-refractivity contribution < 1.29 is 19.1 Å². The summed E-state index contributed by atoms with van der Waals surface area (Å²) in [5.74, 6) is 1.81. The third kappa shape index (κ3) is 4.92. The molecule has 2 aliphatic heterocycles. The Morgan fingerprint density at radius 2 is 1.86 bits per heavy atom. The summed E-state index contributed by atoms with van der Waals surface area (Å²) in [7, 11) is 1.59. The van der Waals surface area contributed by atoms with E-state index < -0.39 is 0 Å². The molecule has 1 fully saturated rings. The fraction of sp³-hybridized carbons (Fsp3) is 0.222. The number of fused-ring (bicyclic) bond motifs is 1.